The number of piperidine rings is 1. The zero-order chi connectivity index (χ0) is 15.5. The highest BCUT2D eigenvalue weighted by Gasteiger charge is 2.49. The van der Waals surface area contributed by atoms with E-state index < -0.39 is 18.0 Å². The molecule has 122 valence electrons. The number of alkyl halides is 3. The maximum atomic E-state index is 13.1. The molecule has 1 saturated carbocycles. The second-order valence-electron chi connectivity index (χ2n) is 6.39. The van der Waals surface area contributed by atoms with Crippen LogP contribution in [-0.2, 0) is 4.79 Å². The van der Waals surface area contributed by atoms with Crippen molar-refractivity contribution in [3.05, 3.63) is 0 Å². The average Bonchev–Trinajstić information content (AvgIpc) is 2.47. The van der Waals surface area contributed by atoms with Gasteiger partial charge in [-0.15, -0.1) is 0 Å². The Morgan fingerprint density at radius 3 is 2.29 bits per heavy atom. The third-order valence-electron chi connectivity index (χ3n) is 5.00. The van der Waals surface area contributed by atoms with Crippen LogP contribution in [0.25, 0.3) is 0 Å². The maximum absolute atomic E-state index is 13.1. The number of amides is 1. The second-order valence-corrected chi connectivity index (χ2v) is 6.39. The molecule has 2 rings (SSSR count). The van der Waals surface area contributed by atoms with E-state index in [1.807, 2.05) is 0 Å². The number of nitrogens with two attached hydrogens (primary N) is 1. The lowest BCUT2D eigenvalue weighted by molar-refractivity contribution is -0.201. The zero-order valence-corrected chi connectivity index (χ0v) is 12.4. The molecule has 3 nitrogen and oxygen atoms in total. The molecule has 1 aliphatic carbocycles. The molecule has 0 aromatic rings. The van der Waals surface area contributed by atoms with Crippen LogP contribution in [0.3, 0.4) is 0 Å². The number of carbonyl (C=O) groups excluding carboxylic acids is 1. The number of likely N-dealkylation sites (tertiary alicyclic amines) is 1. The van der Waals surface area contributed by atoms with Crippen molar-refractivity contribution in [3.8, 4) is 0 Å². The van der Waals surface area contributed by atoms with Crippen LogP contribution >= 0.6 is 0 Å². The highest BCUT2D eigenvalue weighted by atomic mass is 19.4. The first-order chi connectivity index (χ1) is 9.93. The van der Waals surface area contributed by atoms with Crippen LogP contribution in [0.2, 0.25) is 0 Å². The molecular weight excluding hydrogens is 281 g/mol. The van der Waals surface area contributed by atoms with E-state index >= 15 is 0 Å². The van der Waals surface area contributed by atoms with E-state index in [1.54, 1.807) is 4.90 Å². The van der Waals surface area contributed by atoms with Gasteiger partial charge in [0, 0.05) is 19.0 Å². The Kier molecular flexibility index (Phi) is 5.52. The van der Waals surface area contributed by atoms with E-state index in [9.17, 15) is 18.0 Å². The summed E-state index contributed by atoms with van der Waals surface area (Å²) in [5.74, 6) is -2.06. The number of nitrogens with zero attached hydrogens (tertiary/aromatic N) is 1. The summed E-state index contributed by atoms with van der Waals surface area (Å²) in [7, 11) is 0. The molecule has 0 bridgehead atoms. The van der Waals surface area contributed by atoms with Gasteiger partial charge in [-0.05, 0) is 44.6 Å². The van der Waals surface area contributed by atoms with E-state index in [4.69, 9.17) is 5.73 Å². The van der Waals surface area contributed by atoms with Gasteiger partial charge in [-0.1, -0.05) is 12.8 Å². The minimum Gasteiger partial charge on any atom is -0.342 e. The van der Waals surface area contributed by atoms with Gasteiger partial charge in [-0.25, -0.2) is 0 Å². The first-order valence-electron chi connectivity index (χ1n) is 7.99. The molecule has 1 heterocycles. The first kappa shape index (κ1) is 16.6. The minimum atomic E-state index is -4.25. The predicted octanol–water partition coefficient (Wildman–Crippen LogP) is 2.94. The third kappa shape index (κ3) is 4.11. The maximum Gasteiger partial charge on any atom is 0.392 e. The molecule has 0 radical (unpaired) electrons. The Morgan fingerprint density at radius 2 is 1.71 bits per heavy atom. The lowest BCUT2D eigenvalue weighted by Gasteiger charge is -2.38. The fraction of sp³-hybridized carbons (Fsp3) is 0.933. The number of rotatable bonds is 3. The van der Waals surface area contributed by atoms with Crippen LogP contribution < -0.4 is 5.73 Å². The largest absolute Gasteiger partial charge is 0.392 e. The fourth-order valence-electron chi connectivity index (χ4n) is 3.73. The molecule has 2 aliphatic rings. The van der Waals surface area contributed by atoms with Crippen molar-refractivity contribution >= 4 is 5.91 Å². The molecule has 0 spiro atoms. The Morgan fingerprint density at radius 1 is 1.10 bits per heavy atom. The summed E-state index contributed by atoms with van der Waals surface area (Å²) in [4.78, 5) is 14.1. The lowest BCUT2D eigenvalue weighted by atomic mass is 9.77. The first-order valence-corrected chi connectivity index (χ1v) is 7.99. The highest BCUT2D eigenvalue weighted by Crippen LogP contribution is 2.42. The number of carbonyl (C=O) groups is 1. The zero-order valence-electron chi connectivity index (χ0n) is 12.4. The van der Waals surface area contributed by atoms with Crippen molar-refractivity contribution in [2.24, 2.45) is 23.5 Å². The van der Waals surface area contributed by atoms with Crippen molar-refractivity contribution < 1.29 is 18.0 Å². The molecule has 2 atom stereocenters. The van der Waals surface area contributed by atoms with Gasteiger partial charge < -0.3 is 10.6 Å². The van der Waals surface area contributed by atoms with Crippen molar-refractivity contribution in [1.29, 1.82) is 0 Å². The summed E-state index contributed by atoms with van der Waals surface area (Å²) < 4.78 is 39.3. The molecule has 2 N–H and O–H groups in total. The highest BCUT2D eigenvalue weighted by molar-refractivity contribution is 5.79. The molecule has 21 heavy (non-hydrogen) atoms. The van der Waals surface area contributed by atoms with Crippen molar-refractivity contribution in [1.82, 2.24) is 4.90 Å². The normalized spacial score (nSPS) is 28.7. The van der Waals surface area contributed by atoms with Gasteiger partial charge in [-0.3, -0.25) is 4.79 Å². The SMILES string of the molecule is NCCC1CCN(C(=O)C2CCCCC2C(F)(F)F)CC1. The summed E-state index contributed by atoms with van der Waals surface area (Å²) >= 11 is 0. The summed E-state index contributed by atoms with van der Waals surface area (Å²) in [6.45, 7) is 1.81. The van der Waals surface area contributed by atoms with E-state index in [1.165, 1.54) is 0 Å². The van der Waals surface area contributed by atoms with Crippen LogP contribution in [0, 0.1) is 17.8 Å². The molecule has 1 amide bonds. The molecule has 1 aliphatic heterocycles. The Bertz CT molecular complexity index is 351. The van der Waals surface area contributed by atoms with Crippen LogP contribution in [0.1, 0.15) is 44.9 Å². The fourth-order valence-corrected chi connectivity index (χ4v) is 3.73. The Balaban J connectivity index is 1.95. The topological polar surface area (TPSA) is 46.3 Å². The Hall–Kier alpha value is -0.780. The van der Waals surface area contributed by atoms with E-state index in [0.29, 0.717) is 38.4 Å². The van der Waals surface area contributed by atoms with Gasteiger partial charge in [0.05, 0.1) is 5.92 Å². The van der Waals surface area contributed by atoms with Gasteiger partial charge in [0.25, 0.3) is 0 Å². The molecule has 0 aromatic carbocycles. The molecule has 2 unspecified atom stereocenters. The van der Waals surface area contributed by atoms with Crippen LogP contribution in [0.5, 0.6) is 0 Å². The van der Waals surface area contributed by atoms with Crippen LogP contribution in [0.4, 0.5) is 13.2 Å². The van der Waals surface area contributed by atoms with E-state index in [0.717, 1.165) is 25.7 Å². The third-order valence-corrected chi connectivity index (χ3v) is 5.00. The summed E-state index contributed by atoms with van der Waals surface area (Å²) in [6.07, 6.45) is 0.211. The number of halogens is 3. The van der Waals surface area contributed by atoms with Gasteiger partial charge in [-0.2, -0.15) is 13.2 Å². The van der Waals surface area contributed by atoms with Crippen molar-refractivity contribution in [2.75, 3.05) is 19.6 Å². The smallest absolute Gasteiger partial charge is 0.342 e. The summed E-state index contributed by atoms with van der Waals surface area (Å²) in [6, 6.07) is 0. The van der Waals surface area contributed by atoms with E-state index in [2.05, 4.69) is 0 Å². The Labute approximate surface area is 124 Å². The van der Waals surface area contributed by atoms with Gasteiger partial charge >= 0.3 is 6.18 Å². The monoisotopic (exact) mass is 306 g/mol. The molecule has 0 aromatic heterocycles. The van der Waals surface area contributed by atoms with Crippen LogP contribution in [-0.4, -0.2) is 36.6 Å². The summed E-state index contributed by atoms with van der Waals surface area (Å²) in [5, 5.41) is 0. The second kappa shape index (κ2) is 6.99. The standard InChI is InChI=1S/C15H25F3N2O/c16-15(17,18)13-4-2-1-3-12(13)14(21)20-9-6-11(5-8-19)7-10-20/h11-13H,1-10,19H2. The van der Waals surface area contributed by atoms with Crippen molar-refractivity contribution in [3.63, 3.8) is 0 Å². The lowest BCUT2D eigenvalue weighted by Crippen LogP contribution is -2.47. The van der Waals surface area contributed by atoms with Crippen molar-refractivity contribution in [2.45, 2.75) is 51.1 Å². The minimum absolute atomic E-state index is 0.101. The van der Waals surface area contributed by atoms with E-state index in [-0.39, 0.29) is 12.3 Å². The molecule has 6 heteroatoms. The number of hydrogen-bond donors (Lipinski definition) is 1. The number of hydrogen-bond acceptors (Lipinski definition) is 2. The van der Waals surface area contributed by atoms with Gasteiger partial charge in [0.15, 0.2) is 0 Å². The molecule has 2 fully saturated rings. The van der Waals surface area contributed by atoms with Gasteiger partial charge in [0.1, 0.15) is 0 Å². The average molecular weight is 306 g/mol. The molecular formula is C15H25F3N2O. The van der Waals surface area contributed by atoms with Crippen LogP contribution in [0.15, 0.2) is 0 Å². The summed E-state index contributed by atoms with van der Waals surface area (Å²) in [5.41, 5.74) is 5.53. The van der Waals surface area contributed by atoms with Gasteiger partial charge in [0.2, 0.25) is 5.91 Å². The predicted molar refractivity (Wildman–Crippen MR) is 74.5 cm³/mol. The quantitative estimate of drug-likeness (QED) is 0.871. The molecule has 1 saturated heterocycles.